The van der Waals surface area contributed by atoms with Crippen molar-refractivity contribution in [3.05, 3.63) is 69.8 Å². The summed E-state index contributed by atoms with van der Waals surface area (Å²) < 4.78 is 33.4. The first-order valence-electron chi connectivity index (χ1n) is 15.3. The van der Waals surface area contributed by atoms with E-state index < -0.39 is 0 Å². The van der Waals surface area contributed by atoms with Gasteiger partial charge in [0, 0.05) is 49.5 Å². The summed E-state index contributed by atoms with van der Waals surface area (Å²) in [5.41, 5.74) is 6.15. The minimum Gasteiger partial charge on any atom is -0.493 e. The summed E-state index contributed by atoms with van der Waals surface area (Å²) in [5.74, 6) is 3.46. The van der Waals surface area contributed by atoms with Crippen molar-refractivity contribution in [2.24, 2.45) is 0 Å². The average Bonchev–Trinajstić information content (AvgIpc) is 3.10. The van der Waals surface area contributed by atoms with Crippen LogP contribution in [0.4, 0.5) is 0 Å². The number of fused-ring (bicyclic) bond motifs is 2. The smallest absolute Gasteiger partial charge is 0.246 e. The Bertz CT molecular complexity index is 1490. The quantitative estimate of drug-likeness (QED) is 0.343. The van der Waals surface area contributed by atoms with Crippen LogP contribution in [0.3, 0.4) is 0 Å². The average molecular weight is 631 g/mol. The molecule has 2 aromatic rings. The van der Waals surface area contributed by atoms with Gasteiger partial charge >= 0.3 is 0 Å². The number of aryl methyl sites for hydroxylation is 2. The van der Waals surface area contributed by atoms with Crippen LogP contribution < -0.4 is 28.4 Å². The summed E-state index contributed by atoms with van der Waals surface area (Å²) in [4.78, 5) is 29.6. The maximum absolute atomic E-state index is 13.0. The summed E-state index contributed by atoms with van der Waals surface area (Å²) in [6.45, 7) is 1.91. The predicted octanol–water partition coefficient (Wildman–Crippen LogP) is 4.88. The van der Waals surface area contributed by atoms with Crippen LogP contribution in [0.25, 0.3) is 12.2 Å². The third-order valence-electron chi connectivity index (χ3n) is 8.72. The highest BCUT2D eigenvalue weighted by Crippen LogP contribution is 2.46. The summed E-state index contributed by atoms with van der Waals surface area (Å²) in [5, 5.41) is 0. The molecule has 1 heterocycles. The largest absolute Gasteiger partial charge is 0.493 e. The lowest BCUT2D eigenvalue weighted by Crippen LogP contribution is -2.49. The second kappa shape index (κ2) is 14.5. The normalized spacial score (nSPS) is 16.0. The van der Waals surface area contributed by atoms with Crippen molar-refractivity contribution in [3.63, 3.8) is 0 Å². The van der Waals surface area contributed by atoms with Crippen molar-refractivity contribution in [3.8, 4) is 34.5 Å². The highest BCUT2D eigenvalue weighted by atomic mass is 16.5. The number of hydrogen-bond acceptors (Lipinski definition) is 8. The number of allylic oxidation sites excluding steroid dienone is 4. The number of hydrogen-bond donors (Lipinski definition) is 0. The van der Waals surface area contributed by atoms with E-state index in [-0.39, 0.29) is 11.8 Å². The fourth-order valence-electron chi connectivity index (χ4n) is 6.24. The Morgan fingerprint density at radius 3 is 1.24 bits per heavy atom. The predicted molar refractivity (Wildman–Crippen MR) is 176 cm³/mol. The Hall–Kier alpha value is -4.86. The van der Waals surface area contributed by atoms with E-state index in [1.807, 2.05) is 36.4 Å². The number of amides is 2. The Morgan fingerprint density at radius 2 is 0.913 bits per heavy atom. The molecule has 1 fully saturated rings. The van der Waals surface area contributed by atoms with Crippen LogP contribution in [0.5, 0.6) is 34.5 Å². The van der Waals surface area contributed by atoms with Gasteiger partial charge in [-0.05, 0) is 72.2 Å². The summed E-state index contributed by atoms with van der Waals surface area (Å²) in [6.07, 6.45) is 14.2. The van der Waals surface area contributed by atoms with Crippen LogP contribution in [0.1, 0.15) is 35.1 Å². The number of carbonyl (C=O) groups excluding carboxylic acids is 2. The van der Waals surface area contributed by atoms with Gasteiger partial charge in [-0.1, -0.05) is 12.2 Å². The summed E-state index contributed by atoms with van der Waals surface area (Å²) in [7, 11) is 9.61. The van der Waals surface area contributed by atoms with Gasteiger partial charge in [0.2, 0.25) is 23.3 Å². The molecule has 5 rings (SSSR count). The molecule has 0 N–H and O–H groups in total. The van der Waals surface area contributed by atoms with E-state index >= 15 is 0 Å². The van der Waals surface area contributed by atoms with Gasteiger partial charge in [-0.2, -0.15) is 0 Å². The molecule has 0 aromatic heterocycles. The molecule has 0 spiro atoms. The maximum atomic E-state index is 13.0. The fourth-order valence-corrected chi connectivity index (χ4v) is 6.24. The van der Waals surface area contributed by atoms with Crippen LogP contribution in [0, 0.1) is 0 Å². The van der Waals surface area contributed by atoms with E-state index in [0.717, 1.165) is 59.1 Å². The number of ether oxygens (including phenoxy) is 6. The van der Waals surface area contributed by atoms with Gasteiger partial charge in [0.05, 0.1) is 42.7 Å². The first-order chi connectivity index (χ1) is 22.3. The zero-order chi connectivity index (χ0) is 32.8. The molecule has 10 nitrogen and oxygen atoms in total. The lowest BCUT2D eigenvalue weighted by Gasteiger charge is -2.33. The molecule has 10 heteroatoms. The number of piperazine rings is 1. The Balaban J connectivity index is 1.19. The first kappa shape index (κ1) is 32.5. The van der Waals surface area contributed by atoms with E-state index in [4.69, 9.17) is 28.4 Å². The lowest BCUT2D eigenvalue weighted by atomic mass is 9.90. The van der Waals surface area contributed by atoms with E-state index in [1.165, 1.54) is 0 Å². The van der Waals surface area contributed by atoms with Gasteiger partial charge in [-0.15, -0.1) is 0 Å². The molecule has 0 saturated carbocycles. The van der Waals surface area contributed by atoms with Crippen LogP contribution in [-0.2, 0) is 22.4 Å². The third-order valence-corrected chi connectivity index (χ3v) is 8.72. The molecule has 0 atom stereocenters. The molecule has 46 heavy (non-hydrogen) atoms. The standard InChI is InChI=1S/C36H42N2O8/c1-41-29-21-25-11-7-23(19-27(25)33(43-3)35(29)45-5)9-13-31(39)37-15-17-38(18-16-37)32(40)14-10-24-8-12-26-22-30(42-2)36(46-6)34(44-4)28(26)20-24/h9-10,13-14,19-22H,7-8,11-12,15-18H2,1-6H3/b13-9+,14-10+. The number of methoxy groups -OCH3 is 6. The molecule has 244 valence electrons. The Kier molecular flexibility index (Phi) is 10.2. The van der Waals surface area contributed by atoms with Gasteiger partial charge in [0.25, 0.3) is 0 Å². The SMILES string of the molecule is COc1cc2c(c(OC)c1OC)C=C(/C=C/C(=O)N1CCN(C(=O)/C=C/C3=Cc4c(cc(OC)c(OC)c4OC)CC3)CC1)CC2. The van der Waals surface area contributed by atoms with Crippen LogP contribution >= 0.6 is 0 Å². The zero-order valence-corrected chi connectivity index (χ0v) is 27.4. The summed E-state index contributed by atoms with van der Waals surface area (Å²) >= 11 is 0. The monoisotopic (exact) mass is 630 g/mol. The van der Waals surface area contributed by atoms with Crippen LogP contribution in [0.15, 0.2) is 47.6 Å². The van der Waals surface area contributed by atoms with Crippen molar-refractivity contribution in [1.82, 2.24) is 9.80 Å². The van der Waals surface area contributed by atoms with Crippen molar-refractivity contribution in [2.45, 2.75) is 25.7 Å². The first-order valence-corrected chi connectivity index (χ1v) is 15.3. The number of rotatable bonds is 10. The molecular formula is C36H42N2O8. The van der Waals surface area contributed by atoms with Gasteiger partial charge in [-0.25, -0.2) is 0 Å². The molecule has 3 aliphatic rings. The highest BCUT2D eigenvalue weighted by molar-refractivity contribution is 5.90. The molecule has 0 radical (unpaired) electrons. The molecule has 1 saturated heterocycles. The molecule has 0 unspecified atom stereocenters. The number of nitrogens with zero attached hydrogens (tertiary/aromatic N) is 2. The number of benzene rings is 2. The van der Waals surface area contributed by atoms with E-state index in [2.05, 4.69) is 0 Å². The van der Waals surface area contributed by atoms with Crippen molar-refractivity contribution in [1.29, 1.82) is 0 Å². The van der Waals surface area contributed by atoms with Gasteiger partial charge in [-0.3, -0.25) is 9.59 Å². The van der Waals surface area contributed by atoms with Gasteiger partial charge in [0.15, 0.2) is 23.0 Å². The van der Waals surface area contributed by atoms with Crippen LogP contribution in [-0.4, -0.2) is 90.5 Å². The molecular weight excluding hydrogens is 588 g/mol. The lowest BCUT2D eigenvalue weighted by molar-refractivity contribution is -0.134. The molecule has 1 aliphatic heterocycles. The number of carbonyl (C=O) groups is 2. The third kappa shape index (κ3) is 6.56. The topological polar surface area (TPSA) is 96.0 Å². The molecule has 2 aromatic carbocycles. The maximum Gasteiger partial charge on any atom is 0.246 e. The highest BCUT2D eigenvalue weighted by Gasteiger charge is 2.25. The molecule has 2 amide bonds. The molecule has 0 bridgehead atoms. The van der Waals surface area contributed by atoms with E-state index in [0.29, 0.717) is 60.7 Å². The second-order valence-corrected chi connectivity index (χ2v) is 11.2. The molecule has 2 aliphatic carbocycles. The van der Waals surface area contributed by atoms with Gasteiger partial charge in [0.1, 0.15) is 0 Å². The minimum atomic E-state index is -0.0688. The second-order valence-electron chi connectivity index (χ2n) is 11.2. The van der Waals surface area contributed by atoms with Crippen molar-refractivity contribution in [2.75, 3.05) is 68.8 Å². The van der Waals surface area contributed by atoms with Crippen molar-refractivity contribution < 1.29 is 38.0 Å². The Labute approximate surface area is 270 Å². The fraction of sp³-hybridized carbons (Fsp3) is 0.389. The van der Waals surface area contributed by atoms with E-state index in [9.17, 15) is 9.59 Å². The summed E-state index contributed by atoms with van der Waals surface area (Å²) in [6, 6.07) is 3.96. The zero-order valence-electron chi connectivity index (χ0n) is 27.4. The van der Waals surface area contributed by atoms with Crippen LogP contribution in [0.2, 0.25) is 0 Å². The minimum absolute atomic E-state index is 0.0688. The van der Waals surface area contributed by atoms with Crippen molar-refractivity contribution >= 4 is 24.0 Å². The van der Waals surface area contributed by atoms with Gasteiger partial charge < -0.3 is 38.2 Å². The van der Waals surface area contributed by atoms with E-state index in [1.54, 1.807) is 64.6 Å². The Morgan fingerprint density at radius 1 is 0.543 bits per heavy atom.